The van der Waals surface area contributed by atoms with E-state index in [1.807, 2.05) is 24.3 Å². The van der Waals surface area contributed by atoms with Crippen LogP contribution in [0.3, 0.4) is 0 Å². The summed E-state index contributed by atoms with van der Waals surface area (Å²) < 4.78 is 27.4. The van der Waals surface area contributed by atoms with Crippen LogP contribution in [0.5, 0.6) is 0 Å². The van der Waals surface area contributed by atoms with Gasteiger partial charge in [-0.05, 0) is 179 Å². The minimum atomic E-state index is -0.219. The predicted molar refractivity (Wildman–Crippen MR) is 211 cm³/mol. The first kappa shape index (κ1) is 27.1. The maximum atomic E-state index is 13.7. The molecule has 0 bridgehead atoms. The number of hydrogen-bond acceptors (Lipinski definition) is 0. The molecule has 2 heteroatoms. The number of halogens is 2. The fourth-order valence-corrected chi connectivity index (χ4v) is 9.93. The normalized spacial score (nSPS) is 12.8. The molecule has 0 aliphatic heterocycles. The summed E-state index contributed by atoms with van der Waals surface area (Å²) in [6.07, 6.45) is 0. The van der Waals surface area contributed by atoms with Gasteiger partial charge in [0.2, 0.25) is 0 Å². The molecule has 0 fully saturated rings. The molecular formula is C50H24F2. The van der Waals surface area contributed by atoms with Crippen LogP contribution >= 0.6 is 0 Å². The van der Waals surface area contributed by atoms with Crippen LogP contribution in [-0.2, 0) is 0 Å². The molecular weight excluding hydrogens is 639 g/mol. The molecule has 0 atom stereocenters. The third-order valence-corrected chi connectivity index (χ3v) is 12.2. The average molecular weight is 663 g/mol. The van der Waals surface area contributed by atoms with E-state index in [0.29, 0.717) is 0 Å². The van der Waals surface area contributed by atoms with E-state index in [9.17, 15) is 8.78 Å². The van der Waals surface area contributed by atoms with E-state index in [2.05, 4.69) is 97.1 Å². The fourth-order valence-electron chi connectivity index (χ4n) is 9.93. The van der Waals surface area contributed by atoms with E-state index in [0.717, 1.165) is 22.3 Å². The second kappa shape index (κ2) is 9.17. The maximum Gasteiger partial charge on any atom is 0.123 e. The van der Waals surface area contributed by atoms with Crippen LogP contribution < -0.4 is 0 Å². The van der Waals surface area contributed by atoms with Crippen LogP contribution in [0.2, 0.25) is 0 Å². The summed E-state index contributed by atoms with van der Waals surface area (Å²) in [6.45, 7) is 0. The molecule has 0 spiro atoms. The van der Waals surface area contributed by atoms with Gasteiger partial charge in [0.25, 0.3) is 0 Å². The van der Waals surface area contributed by atoms with Crippen molar-refractivity contribution < 1.29 is 8.78 Å². The monoisotopic (exact) mass is 662 g/mol. The van der Waals surface area contributed by atoms with E-state index < -0.39 is 0 Å². The lowest BCUT2D eigenvalue weighted by atomic mass is 9.97. The topological polar surface area (TPSA) is 0 Å². The first-order valence-electron chi connectivity index (χ1n) is 17.8. The Morgan fingerprint density at radius 1 is 0.231 bits per heavy atom. The third kappa shape index (κ3) is 3.22. The van der Waals surface area contributed by atoms with Gasteiger partial charge in [-0.25, -0.2) is 8.78 Å². The summed E-state index contributed by atoms with van der Waals surface area (Å²) in [4.78, 5) is 0. The van der Waals surface area contributed by atoms with Gasteiger partial charge in [0.1, 0.15) is 11.6 Å². The number of fused-ring (bicyclic) bond motifs is 10. The second-order valence-corrected chi connectivity index (χ2v) is 14.6. The van der Waals surface area contributed by atoms with Crippen molar-refractivity contribution in [3.05, 3.63) is 178 Å². The van der Waals surface area contributed by atoms with E-state index in [-0.39, 0.29) is 11.6 Å². The predicted octanol–water partition coefficient (Wildman–Crippen LogP) is 13.6. The van der Waals surface area contributed by atoms with E-state index >= 15 is 0 Å². The van der Waals surface area contributed by atoms with Gasteiger partial charge in [-0.15, -0.1) is 0 Å². The lowest BCUT2D eigenvalue weighted by Crippen LogP contribution is -1.82. The Morgan fingerprint density at radius 3 is 1.25 bits per heavy atom. The summed E-state index contributed by atoms with van der Waals surface area (Å²) in [6, 6.07) is 50.3. The first-order chi connectivity index (χ1) is 25.6. The van der Waals surface area contributed by atoms with Gasteiger partial charge in [-0.1, -0.05) is 97.1 Å². The van der Waals surface area contributed by atoms with Crippen molar-refractivity contribution in [1.82, 2.24) is 0 Å². The van der Waals surface area contributed by atoms with Crippen molar-refractivity contribution in [2.24, 2.45) is 0 Å². The van der Waals surface area contributed by atoms with Crippen molar-refractivity contribution in [1.29, 1.82) is 0 Å². The van der Waals surface area contributed by atoms with Crippen LogP contribution in [0.1, 0.15) is 0 Å². The zero-order valence-electron chi connectivity index (χ0n) is 27.6. The van der Waals surface area contributed by atoms with Gasteiger partial charge < -0.3 is 0 Å². The molecule has 0 heterocycles. The molecule has 0 saturated carbocycles. The zero-order chi connectivity index (χ0) is 34.0. The summed E-state index contributed by atoms with van der Waals surface area (Å²) in [5.74, 6) is -0.439. The summed E-state index contributed by atoms with van der Waals surface area (Å²) in [7, 11) is 0. The third-order valence-electron chi connectivity index (χ3n) is 12.2. The molecule has 0 radical (unpaired) electrons. The molecule has 0 N–H and O–H groups in total. The van der Waals surface area contributed by atoms with Crippen molar-refractivity contribution in [3.63, 3.8) is 0 Å². The molecule has 0 aromatic heterocycles. The molecule has 13 rings (SSSR count). The second-order valence-electron chi connectivity index (χ2n) is 14.6. The zero-order valence-corrected chi connectivity index (χ0v) is 27.6. The fraction of sp³-hybridized carbons (Fsp3) is 0. The van der Waals surface area contributed by atoms with Crippen LogP contribution in [0.25, 0.3) is 109 Å². The molecule has 11 aromatic carbocycles. The number of rotatable bonds is 2. The van der Waals surface area contributed by atoms with Crippen molar-refractivity contribution in [3.8, 4) is 44.5 Å². The first-order valence-corrected chi connectivity index (χ1v) is 17.8. The van der Waals surface area contributed by atoms with E-state index in [1.54, 1.807) is 0 Å². The van der Waals surface area contributed by atoms with Gasteiger partial charge in [0.05, 0.1) is 0 Å². The van der Waals surface area contributed by atoms with Gasteiger partial charge >= 0.3 is 0 Å². The van der Waals surface area contributed by atoms with Crippen LogP contribution in [0.15, 0.2) is 146 Å². The molecule has 2 aliphatic carbocycles. The van der Waals surface area contributed by atoms with Crippen LogP contribution in [0.4, 0.5) is 8.78 Å². The van der Waals surface area contributed by atoms with Gasteiger partial charge in [0, 0.05) is 0 Å². The summed E-state index contributed by atoms with van der Waals surface area (Å²) in [5.41, 5.74) is 9.27. The summed E-state index contributed by atoms with van der Waals surface area (Å²) in [5, 5.41) is 20.8. The molecule has 238 valence electrons. The van der Waals surface area contributed by atoms with Crippen molar-refractivity contribution in [2.45, 2.75) is 0 Å². The molecule has 0 nitrogen and oxygen atoms in total. The Morgan fingerprint density at radius 2 is 0.654 bits per heavy atom. The molecule has 0 unspecified atom stereocenters. The molecule has 52 heavy (non-hydrogen) atoms. The smallest absolute Gasteiger partial charge is 0.123 e. The van der Waals surface area contributed by atoms with E-state index in [4.69, 9.17) is 0 Å². The Hall–Kier alpha value is -6.64. The quantitative estimate of drug-likeness (QED) is 0.173. The molecule has 0 saturated heterocycles. The standard InChI is InChI=1S/C50H24F2/c51-29-7-1-25(2-8-29)27-5-11-31-33-13-15-37-43-23-46-40-20-18-36-42-22-28(26-3-9-30(52)10-4-26)6-12-32(42)34-14-16-38(50(40)48(34)36)44(46)24-45(43)39-19-17-35(41(31)21-27)47(33)49(37)39/h1-24H. The van der Waals surface area contributed by atoms with Gasteiger partial charge in [-0.2, -0.15) is 0 Å². The Kier molecular flexibility index (Phi) is 4.78. The highest BCUT2D eigenvalue weighted by Crippen LogP contribution is 2.54. The van der Waals surface area contributed by atoms with Crippen molar-refractivity contribution in [2.75, 3.05) is 0 Å². The van der Waals surface area contributed by atoms with Crippen LogP contribution in [0, 0.1) is 32.5 Å². The lowest BCUT2D eigenvalue weighted by molar-refractivity contribution is 0.627. The Bertz CT molecular complexity index is 3560. The minimum absolute atomic E-state index is 0.219. The van der Waals surface area contributed by atoms with E-state index in [1.165, 1.54) is 132 Å². The highest BCUT2D eigenvalue weighted by molar-refractivity contribution is 6.40. The van der Waals surface area contributed by atoms with Gasteiger partial charge in [-0.3, -0.25) is 0 Å². The maximum absolute atomic E-state index is 13.7. The van der Waals surface area contributed by atoms with Crippen LogP contribution in [-0.4, -0.2) is 0 Å². The summed E-state index contributed by atoms with van der Waals surface area (Å²) >= 11 is 0. The molecule has 2 aliphatic rings. The molecule has 11 aromatic rings. The number of benzene rings is 9. The lowest BCUT2D eigenvalue weighted by Gasteiger charge is -2.07. The molecule has 0 amide bonds. The van der Waals surface area contributed by atoms with Crippen molar-refractivity contribution >= 4 is 64.6 Å². The van der Waals surface area contributed by atoms with Gasteiger partial charge in [0.15, 0.2) is 0 Å². The SMILES string of the molecule is Fc1ccc(-c2ccc3c(c2)-c2ccc4c5cc6c(cc5c5ccc-3c2c45)c2ccc3c4c(ccc6c42)=c2ccc(-c4ccc(F)cc4)cc2=3)cc1. The highest BCUT2D eigenvalue weighted by Gasteiger charge is 2.26. The Labute approximate surface area is 295 Å². The number of hydrogen-bond donors (Lipinski definition) is 0. The highest BCUT2D eigenvalue weighted by atomic mass is 19.1. The Balaban J connectivity index is 1.05. The minimum Gasteiger partial charge on any atom is -0.207 e. The largest absolute Gasteiger partial charge is 0.207 e. The average Bonchev–Trinajstić information content (AvgIpc) is 3.88.